The van der Waals surface area contributed by atoms with E-state index in [-0.39, 0.29) is 32.9 Å². The summed E-state index contributed by atoms with van der Waals surface area (Å²) in [6.07, 6.45) is 0. The van der Waals surface area contributed by atoms with Crippen LogP contribution in [0.1, 0.15) is 13.8 Å². The molecule has 2 rings (SSSR count). The zero-order valence-electron chi connectivity index (χ0n) is 13.4. The SMILES string of the molecule is C=C(C)C(=O)O.C=C(C)C(=O)O.[Ti+2].c1cc[cH-]c1.c1cc[cH-]c1. The van der Waals surface area contributed by atoms with Crippen LogP contribution in [0.4, 0.5) is 0 Å². The van der Waals surface area contributed by atoms with Crippen molar-refractivity contribution in [2.24, 2.45) is 0 Å². The second-order valence-electron chi connectivity index (χ2n) is 4.10. The standard InChI is InChI=1S/2C5H5.2C4H6O2.Ti/c2*1-2-4-5-3-1;2*1-3(2)4(5)6;/h2*1-5H;2*1H2,2H3,(H,5,6);/q2*-1;;;+2. The molecule has 0 spiro atoms. The Bertz CT molecular complexity index is 417. The molecule has 0 saturated heterocycles. The van der Waals surface area contributed by atoms with Crippen molar-refractivity contribution in [2.45, 2.75) is 13.8 Å². The first-order valence-corrected chi connectivity index (χ1v) is 6.40. The van der Waals surface area contributed by atoms with Crippen molar-refractivity contribution in [3.05, 3.63) is 85.0 Å². The van der Waals surface area contributed by atoms with Crippen LogP contribution >= 0.6 is 0 Å². The Morgan fingerprint density at radius 3 is 0.957 bits per heavy atom. The summed E-state index contributed by atoms with van der Waals surface area (Å²) in [7, 11) is 0. The van der Waals surface area contributed by atoms with Gasteiger partial charge in [0.05, 0.1) is 0 Å². The number of carboxylic acid groups (broad SMARTS) is 2. The van der Waals surface area contributed by atoms with Gasteiger partial charge in [-0.1, -0.05) is 13.2 Å². The Hall–Kier alpha value is -2.17. The van der Waals surface area contributed by atoms with Gasteiger partial charge in [0.1, 0.15) is 0 Å². The fourth-order valence-corrected chi connectivity index (χ4v) is 0.642. The van der Waals surface area contributed by atoms with E-state index in [1.165, 1.54) is 13.8 Å². The first kappa shape index (κ1) is 25.8. The van der Waals surface area contributed by atoms with Crippen molar-refractivity contribution >= 4 is 11.9 Å². The van der Waals surface area contributed by atoms with Crippen molar-refractivity contribution < 1.29 is 41.5 Å². The fraction of sp³-hybridized carbons (Fsp3) is 0.111. The summed E-state index contributed by atoms with van der Waals surface area (Å²) >= 11 is 0. The Balaban J connectivity index is -0.000000229. The number of hydrogen-bond donors (Lipinski definition) is 2. The van der Waals surface area contributed by atoms with E-state index in [0.29, 0.717) is 0 Å². The molecule has 0 radical (unpaired) electrons. The second-order valence-corrected chi connectivity index (χ2v) is 4.10. The van der Waals surface area contributed by atoms with Crippen molar-refractivity contribution in [2.75, 3.05) is 0 Å². The summed E-state index contributed by atoms with van der Waals surface area (Å²) in [5.74, 6) is -1.87. The molecule has 4 nitrogen and oxygen atoms in total. The minimum absolute atomic E-state index is 0. The van der Waals surface area contributed by atoms with Crippen LogP contribution in [-0.2, 0) is 31.3 Å². The van der Waals surface area contributed by atoms with Crippen LogP contribution in [0.15, 0.2) is 85.0 Å². The van der Waals surface area contributed by atoms with E-state index in [1.807, 2.05) is 60.7 Å². The molecule has 122 valence electrons. The molecule has 0 aliphatic rings. The van der Waals surface area contributed by atoms with Crippen LogP contribution in [-0.4, -0.2) is 22.2 Å². The smallest absolute Gasteiger partial charge is 0.478 e. The van der Waals surface area contributed by atoms with Gasteiger partial charge in [-0.25, -0.2) is 33.9 Å². The molecule has 0 aliphatic carbocycles. The predicted octanol–water partition coefficient (Wildman–Crippen LogP) is 4.10. The Morgan fingerprint density at radius 1 is 0.739 bits per heavy atom. The third kappa shape index (κ3) is 25.2. The van der Waals surface area contributed by atoms with Gasteiger partial charge >= 0.3 is 33.7 Å². The van der Waals surface area contributed by atoms with Gasteiger partial charge in [-0.15, -0.1) is 0 Å². The van der Waals surface area contributed by atoms with Crippen LogP contribution in [0.2, 0.25) is 0 Å². The van der Waals surface area contributed by atoms with Gasteiger partial charge in [0.25, 0.3) is 0 Å². The monoisotopic (exact) mass is 350 g/mol. The molecule has 5 heteroatoms. The van der Waals surface area contributed by atoms with Gasteiger partial charge in [-0.2, -0.15) is 36.4 Å². The van der Waals surface area contributed by atoms with Gasteiger partial charge in [0.2, 0.25) is 0 Å². The molecular weight excluding hydrogens is 328 g/mol. The first-order chi connectivity index (χ1) is 10.3. The van der Waals surface area contributed by atoms with E-state index in [2.05, 4.69) is 13.2 Å². The number of hydrogen-bond acceptors (Lipinski definition) is 2. The fourth-order valence-electron chi connectivity index (χ4n) is 0.642. The van der Waals surface area contributed by atoms with Crippen molar-refractivity contribution in [1.29, 1.82) is 0 Å². The third-order valence-electron chi connectivity index (χ3n) is 1.84. The van der Waals surface area contributed by atoms with Gasteiger partial charge in [0, 0.05) is 11.1 Å². The minimum atomic E-state index is -0.935. The topological polar surface area (TPSA) is 74.6 Å². The number of rotatable bonds is 2. The summed E-state index contributed by atoms with van der Waals surface area (Å²) in [4.78, 5) is 19.2. The Labute approximate surface area is 152 Å². The van der Waals surface area contributed by atoms with Gasteiger partial charge in [0.15, 0.2) is 0 Å². The zero-order chi connectivity index (χ0) is 17.4. The number of carbonyl (C=O) groups is 2. The Morgan fingerprint density at radius 2 is 0.913 bits per heavy atom. The van der Waals surface area contributed by atoms with Gasteiger partial charge < -0.3 is 10.2 Å². The zero-order valence-corrected chi connectivity index (χ0v) is 15.0. The van der Waals surface area contributed by atoms with Crippen LogP contribution in [0.3, 0.4) is 0 Å². The Kier molecular flexibility index (Phi) is 20.0. The van der Waals surface area contributed by atoms with Gasteiger partial charge in [-0.05, 0) is 13.8 Å². The molecule has 0 saturated carbocycles. The molecule has 0 heterocycles. The first-order valence-electron chi connectivity index (χ1n) is 6.40. The minimum Gasteiger partial charge on any atom is -0.478 e. The summed E-state index contributed by atoms with van der Waals surface area (Å²) in [6, 6.07) is 20.0. The average molecular weight is 350 g/mol. The van der Waals surface area contributed by atoms with Crippen LogP contribution in [0, 0.1) is 0 Å². The second kappa shape index (κ2) is 17.9. The largest absolute Gasteiger partial charge is 2.00 e. The van der Waals surface area contributed by atoms with E-state index >= 15 is 0 Å². The van der Waals surface area contributed by atoms with Crippen molar-refractivity contribution in [3.63, 3.8) is 0 Å². The van der Waals surface area contributed by atoms with Crippen molar-refractivity contribution in [3.8, 4) is 0 Å². The molecule has 0 fully saturated rings. The third-order valence-corrected chi connectivity index (χ3v) is 1.84. The molecule has 2 N–H and O–H groups in total. The number of carboxylic acids is 2. The van der Waals surface area contributed by atoms with E-state index in [4.69, 9.17) is 10.2 Å². The molecule has 23 heavy (non-hydrogen) atoms. The molecule has 0 atom stereocenters. The van der Waals surface area contributed by atoms with E-state index in [0.717, 1.165) is 0 Å². The quantitative estimate of drug-likeness (QED) is 0.486. The molecule has 0 aromatic heterocycles. The van der Waals surface area contributed by atoms with Crippen LogP contribution in [0.25, 0.3) is 0 Å². The van der Waals surface area contributed by atoms with Gasteiger partial charge in [-0.3, -0.25) is 0 Å². The molecule has 2 aromatic carbocycles. The molecule has 0 aliphatic heterocycles. The number of aliphatic carboxylic acids is 2. The normalized spacial score (nSPS) is 7.39. The summed E-state index contributed by atoms with van der Waals surface area (Å²) in [5, 5.41) is 15.8. The molecular formula is C18H22O4Ti. The summed E-state index contributed by atoms with van der Waals surface area (Å²) in [6.45, 7) is 9.20. The molecule has 2 aromatic rings. The van der Waals surface area contributed by atoms with E-state index in [1.54, 1.807) is 0 Å². The maximum Gasteiger partial charge on any atom is 2.00 e. The predicted molar refractivity (Wildman–Crippen MR) is 89.0 cm³/mol. The maximum atomic E-state index is 9.60. The van der Waals surface area contributed by atoms with E-state index in [9.17, 15) is 9.59 Å². The molecule has 0 bridgehead atoms. The summed E-state index contributed by atoms with van der Waals surface area (Å²) in [5.41, 5.74) is 0.352. The van der Waals surface area contributed by atoms with Crippen molar-refractivity contribution in [1.82, 2.24) is 0 Å². The molecule has 0 amide bonds. The summed E-state index contributed by atoms with van der Waals surface area (Å²) < 4.78 is 0. The van der Waals surface area contributed by atoms with Crippen LogP contribution < -0.4 is 0 Å². The average Bonchev–Trinajstić information content (AvgIpc) is 3.18. The van der Waals surface area contributed by atoms with E-state index < -0.39 is 11.9 Å². The van der Waals surface area contributed by atoms with Crippen LogP contribution in [0.5, 0.6) is 0 Å². The molecule has 0 unspecified atom stereocenters. The maximum absolute atomic E-state index is 9.60.